The van der Waals surface area contributed by atoms with Gasteiger partial charge in [0, 0.05) is 48.9 Å². The third-order valence-corrected chi connectivity index (χ3v) is 6.96. The van der Waals surface area contributed by atoms with Crippen molar-refractivity contribution in [2.75, 3.05) is 23.3 Å². The van der Waals surface area contributed by atoms with Gasteiger partial charge in [0.1, 0.15) is 0 Å². The molecule has 2 aliphatic rings. The number of benzene rings is 2. The number of hydrogen-bond donors (Lipinski definition) is 3. The number of nitrogens with zero attached hydrogens (tertiary/aromatic N) is 2. The zero-order valence-electron chi connectivity index (χ0n) is 21.6. The van der Waals surface area contributed by atoms with Gasteiger partial charge in [-0.05, 0) is 18.9 Å². The molecule has 0 aromatic heterocycles. The molecule has 41 heavy (non-hydrogen) atoms. The molecular formula is C27H27F6N5O3. The summed E-state index contributed by atoms with van der Waals surface area (Å²) in [5.41, 5.74) is 7.84. The number of primary amides is 1. The van der Waals surface area contributed by atoms with E-state index in [1.54, 1.807) is 48.5 Å². The minimum atomic E-state index is -4.76. The lowest BCUT2D eigenvalue weighted by Gasteiger charge is -2.32. The Morgan fingerprint density at radius 2 is 1.61 bits per heavy atom. The van der Waals surface area contributed by atoms with Gasteiger partial charge in [-0.3, -0.25) is 14.4 Å². The van der Waals surface area contributed by atoms with Crippen LogP contribution in [0.25, 0.3) is 0 Å². The van der Waals surface area contributed by atoms with Crippen LogP contribution in [0, 0.1) is 11.8 Å². The molecule has 0 saturated carbocycles. The fourth-order valence-electron chi connectivity index (χ4n) is 5.06. The number of nitrogens with two attached hydrogens (primary N) is 1. The Kier molecular flexibility index (Phi) is 8.59. The summed E-state index contributed by atoms with van der Waals surface area (Å²) in [4.78, 5) is 45.1. The SMILES string of the molecule is NC(=O)[C@@H](CCC(F)(F)F)[C@@H](CCC(F)(F)F)C(=O)N[C@H]1N=C(c2ccccc2)c2cccc3c2N(CCN3)C1=O. The van der Waals surface area contributed by atoms with E-state index in [1.165, 1.54) is 4.90 Å². The second kappa shape index (κ2) is 11.8. The Bertz CT molecular complexity index is 1330. The van der Waals surface area contributed by atoms with Gasteiger partial charge in [0.25, 0.3) is 5.91 Å². The molecule has 3 atom stereocenters. The third-order valence-electron chi connectivity index (χ3n) is 6.96. The average Bonchev–Trinajstić information content (AvgIpc) is 3.01. The van der Waals surface area contributed by atoms with Crippen LogP contribution in [-0.2, 0) is 14.4 Å². The minimum Gasteiger partial charge on any atom is -0.382 e. The Hall–Kier alpha value is -4.10. The predicted octanol–water partition coefficient (Wildman–Crippen LogP) is 4.14. The zero-order chi connectivity index (χ0) is 29.9. The summed E-state index contributed by atoms with van der Waals surface area (Å²) in [6.07, 6.45) is -16.2. The quantitative estimate of drug-likeness (QED) is 0.385. The molecule has 2 aromatic carbocycles. The molecule has 0 aliphatic carbocycles. The van der Waals surface area contributed by atoms with Gasteiger partial charge in [0.2, 0.25) is 18.0 Å². The number of halogens is 6. The van der Waals surface area contributed by atoms with E-state index in [1.807, 2.05) is 0 Å². The molecule has 2 aromatic rings. The van der Waals surface area contributed by atoms with Crippen molar-refractivity contribution < 1.29 is 40.7 Å². The highest BCUT2D eigenvalue weighted by Crippen LogP contribution is 2.37. The van der Waals surface area contributed by atoms with Crippen LogP contribution in [0.4, 0.5) is 37.7 Å². The molecule has 14 heteroatoms. The summed E-state index contributed by atoms with van der Waals surface area (Å²) < 4.78 is 78.1. The molecule has 220 valence electrons. The predicted molar refractivity (Wildman–Crippen MR) is 138 cm³/mol. The Labute approximate surface area is 231 Å². The first-order valence-electron chi connectivity index (χ1n) is 12.8. The number of hydrogen-bond acceptors (Lipinski definition) is 5. The lowest BCUT2D eigenvalue weighted by Crippen LogP contribution is -2.52. The number of carbonyl (C=O) groups excluding carboxylic acids is 3. The Balaban J connectivity index is 1.73. The number of nitrogens with one attached hydrogen (secondary N) is 2. The summed E-state index contributed by atoms with van der Waals surface area (Å²) >= 11 is 0. The molecule has 8 nitrogen and oxygen atoms in total. The smallest absolute Gasteiger partial charge is 0.382 e. The number of carbonyl (C=O) groups is 3. The van der Waals surface area contributed by atoms with E-state index >= 15 is 0 Å². The van der Waals surface area contributed by atoms with Crippen molar-refractivity contribution >= 4 is 34.8 Å². The molecule has 0 saturated heterocycles. The number of anilines is 2. The van der Waals surface area contributed by atoms with Crippen LogP contribution in [0.5, 0.6) is 0 Å². The van der Waals surface area contributed by atoms with Crippen LogP contribution in [0.3, 0.4) is 0 Å². The highest BCUT2D eigenvalue weighted by atomic mass is 19.4. The van der Waals surface area contributed by atoms with Crippen LogP contribution in [0.2, 0.25) is 0 Å². The van der Waals surface area contributed by atoms with Gasteiger partial charge in [-0.1, -0.05) is 42.5 Å². The van der Waals surface area contributed by atoms with E-state index in [0.717, 1.165) is 0 Å². The van der Waals surface area contributed by atoms with Crippen molar-refractivity contribution in [2.45, 2.75) is 44.2 Å². The molecule has 0 bridgehead atoms. The molecule has 4 rings (SSSR count). The number of para-hydroxylation sites is 1. The zero-order valence-corrected chi connectivity index (χ0v) is 21.6. The maximum Gasteiger partial charge on any atom is 0.389 e. The van der Waals surface area contributed by atoms with E-state index < -0.39 is 73.8 Å². The molecule has 0 spiro atoms. The van der Waals surface area contributed by atoms with Gasteiger partial charge in [-0.25, -0.2) is 4.99 Å². The van der Waals surface area contributed by atoms with Crippen molar-refractivity contribution in [3.05, 3.63) is 59.7 Å². The summed E-state index contributed by atoms with van der Waals surface area (Å²) in [7, 11) is 0. The summed E-state index contributed by atoms with van der Waals surface area (Å²) in [5.74, 6) is -7.02. The number of amides is 3. The van der Waals surface area contributed by atoms with Crippen LogP contribution in [-0.4, -0.2) is 55.0 Å². The van der Waals surface area contributed by atoms with Crippen molar-refractivity contribution in [2.24, 2.45) is 22.6 Å². The fraction of sp³-hybridized carbons (Fsp3) is 0.407. The lowest BCUT2D eigenvalue weighted by atomic mass is 9.83. The molecule has 2 aliphatic heterocycles. The van der Waals surface area contributed by atoms with E-state index in [9.17, 15) is 40.7 Å². The van der Waals surface area contributed by atoms with Crippen LogP contribution < -0.4 is 21.3 Å². The molecule has 4 N–H and O–H groups in total. The molecule has 0 unspecified atom stereocenters. The van der Waals surface area contributed by atoms with Gasteiger partial charge in [0.05, 0.1) is 17.1 Å². The van der Waals surface area contributed by atoms with Gasteiger partial charge in [0.15, 0.2) is 0 Å². The minimum absolute atomic E-state index is 0.180. The van der Waals surface area contributed by atoms with E-state index in [-0.39, 0.29) is 6.54 Å². The summed E-state index contributed by atoms with van der Waals surface area (Å²) in [5, 5.41) is 5.52. The van der Waals surface area contributed by atoms with Crippen LogP contribution in [0.15, 0.2) is 53.5 Å². The maximum absolute atomic E-state index is 13.7. The third kappa shape index (κ3) is 7.16. The van der Waals surface area contributed by atoms with Crippen LogP contribution >= 0.6 is 0 Å². The second-order valence-electron chi connectivity index (χ2n) is 9.80. The largest absolute Gasteiger partial charge is 0.389 e. The van der Waals surface area contributed by atoms with Crippen molar-refractivity contribution in [1.82, 2.24) is 5.32 Å². The highest BCUT2D eigenvalue weighted by molar-refractivity contribution is 6.22. The molecule has 0 fully saturated rings. The first-order chi connectivity index (χ1) is 19.2. The van der Waals surface area contributed by atoms with Crippen molar-refractivity contribution in [1.29, 1.82) is 0 Å². The lowest BCUT2D eigenvalue weighted by molar-refractivity contribution is -0.152. The van der Waals surface area contributed by atoms with Gasteiger partial charge < -0.3 is 21.3 Å². The fourth-order valence-corrected chi connectivity index (χ4v) is 5.06. The average molecular weight is 584 g/mol. The summed E-state index contributed by atoms with van der Waals surface area (Å²) in [6.45, 7) is 0.540. The maximum atomic E-state index is 13.7. The molecule has 3 amide bonds. The highest BCUT2D eigenvalue weighted by Gasteiger charge is 2.42. The first-order valence-corrected chi connectivity index (χ1v) is 12.8. The standard InChI is InChI=1S/C27H27F6N5O3/c28-26(29,30)11-9-16(22(34)39)17(10-12-27(31,32)33)24(40)37-23-25(41)38-14-13-35-19-8-4-7-18(21(19)38)20(36-23)15-5-2-1-3-6-15/h1-8,16-17,23,35H,9-14H2,(H2,34,39)(H,37,40)/t16-,17+,23+/m0/s1. The van der Waals surface area contributed by atoms with E-state index in [0.29, 0.717) is 34.8 Å². The molecule has 2 heterocycles. The topological polar surface area (TPSA) is 117 Å². The second-order valence-corrected chi connectivity index (χ2v) is 9.80. The number of rotatable bonds is 9. The van der Waals surface area contributed by atoms with E-state index in [2.05, 4.69) is 15.6 Å². The van der Waals surface area contributed by atoms with E-state index in [4.69, 9.17) is 5.73 Å². The Morgan fingerprint density at radius 3 is 2.22 bits per heavy atom. The van der Waals surface area contributed by atoms with Crippen molar-refractivity contribution in [3.63, 3.8) is 0 Å². The monoisotopic (exact) mass is 583 g/mol. The molecular weight excluding hydrogens is 556 g/mol. The normalized spacial score (nSPS) is 18.4. The number of aliphatic imine (C=N–C) groups is 1. The first kappa shape index (κ1) is 29.9. The van der Waals surface area contributed by atoms with Gasteiger partial charge >= 0.3 is 12.4 Å². The van der Waals surface area contributed by atoms with Crippen LogP contribution in [0.1, 0.15) is 36.8 Å². The Morgan fingerprint density at radius 1 is 0.976 bits per heavy atom. The molecule has 0 radical (unpaired) electrons. The van der Waals surface area contributed by atoms with Crippen molar-refractivity contribution in [3.8, 4) is 0 Å². The van der Waals surface area contributed by atoms with Gasteiger partial charge in [-0.2, -0.15) is 26.3 Å². The number of alkyl halides is 6. The van der Waals surface area contributed by atoms with Gasteiger partial charge in [-0.15, -0.1) is 0 Å². The summed E-state index contributed by atoms with van der Waals surface area (Å²) in [6, 6.07) is 13.9.